The van der Waals surface area contributed by atoms with Gasteiger partial charge in [-0.1, -0.05) is 18.5 Å². The molecule has 0 aromatic carbocycles. The van der Waals surface area contributed by atoms with Gasteiger partial charge in [0, 0.05) is 23.3 Å². The van der Waals surface area contributed by atoms with E-state index in [0.29, 0.717) is 6.04 Å². The van der Waals surface area contributed by atoms with E-state index in [9.17, 15) is 0 Å². The molecule has 0 amide bonds. The molecule has 0 saturated heterocycles. The third kappa shape index (κ3) is 3.46. The highest BCUT2D eigenvalue weighted by Gasteiger charge is 2.32. The summed E-state index contributed by atoms with van der Waals surface area (Å²) in [5, 5.41) is 3.70. The second kappa shape index (κ2) is 6.33. The van der Waals surface area contributed by atoms with Gasteiger partial charge in [-0.15, -0.1) is 11.3 Å². The summed E-state index contributed by atoms with van der Waals surface area (Å²) in [7, 11) is 0. The fraction of sp³-hybridized carbons (Fsp3) is 0.500. The van der Waals surface area contributed by atoms with Gasteiger partial charge in [0.15, 0.2) is 0 Å². The summed E-state index contributed by atoms with van der Waals surface area (Å²) in [5.41, 5.74) is 1.43. The molecule has 4 heteroatoms. The van der Waals surface area contributed by atoms with Crippen molar-refractivity contribution >= 4 is 22.9 Å². The summed E-state index contributed by atoms with van der Waals surface area (Å²) >= 11 is 7.65. The van der Waals surface area contributed by atoms with Crippen molar-refractivity contribution in [1.82, 2.24) is 9.88 Å². The molecule has 2 heterocycles. The Hall–Kier alpha value is -0.770. The fourth-order valence-corrected chi connectivity index (χ4v) is 3.74. The first kappa shape index (κ1) is 14.2. The first-order valence-electron chi connectivity index (χ1n) is 7.39. The van der Waals surface area contributed by atoms with Crippen molar-refractivity contribution in [3.8, 4) is 0 Å². The summed E-state index contributed by atoms with van der Waals surface area (Å²) in [4.78, 5) is 1.31. The Kier molecular flexibility index (Phi) is 4.49. The zero-order valence-corrected chi connectivity index (χ0v) is 13.4. The van der Waals surface area contributed by atoms with Crippen molar-refractivity contribution in [2.75, 3.05) is 6.54 Å². The van der Waals surface area contributed by atoms with Crippen LogP contribution in [0.5, 0.6) is 0 Å². The largest absolute Gasteiger partial charge is 0.349 e. The third-order valence-corrected chi connectivity index (χ3v) is 5.02. The summed E-state index contributed by atoms with van der Waals surface area (Å²) in [5.74, 6) is 0.841. The number of hydrogen-bond acceptors (Lipinski definition) is 2. The summed E-state index contributed by atoms with van der Waals surface area (Å²) in [6, 6.07) is 6.89. The van der Waals surface area contributed by atoms with Gasteiger partial charge < -0.3 is 9.88 Å². The number of halogens is 1. The van der Waals surface area contributed by atoms with Crippen LogP contribution in [0.4, 0.5) is 0 Å². The van der Waals surface area contributed by atoms with E-state index in [0.717, 1.165) is 23.3 Å². The molecule has 1 unspecified atom stereocenters. The van der Waals surface area contributed by atoms with Crippen LogP contribution in [0.3, 0.4) is 0 Å². The Morgan fingerprint density at radius 1 is 1.40 bits per heavy atom. The SMILES string of the molecule is CCCNC(c1ccn(Cc2ccc(Cl)s2)c1)C1CC1. The second-order valence-electron chi connectivity index (χ2n) is 5.59. The molecule has 108 valence electrons. The van der Waals surface area contributed by atoms with Gasteiger partial charge in [-0.25, -0.2) is 0 Å². The molecule has 1 atom stereocenters. The zero-order chi connectivity index (χ0) is 13.9. The molecule has 1 aliphatic rings. The van der Waals surface area contributed by atoms with E-state index in [4.69, 9.17) is 11.6 Å². The Balaban J connectivity index is 1.68. The summed E-state index contributed by atoms with van der Waals surface area (Å²) in [6.07, 6.45) is 8.41. The number of hydrogen-bond donors (Lipinski definition) is 1. The van der Waals surface area contributed by atoms with E-state index in [2.05, 4.69) is 41.3 Å². The molecule has 0 bridgehead atoms. The van der Waals surface area contributed by atoms with Crippen LogP contribution >= 0.6 is 22.9 Å². The summed E-state index contributed by atoms with van der Waals surface area (Å²) < 4.78 is 3.13. The Bertz CT molecular complexity index is 556. The number of rotatable bonds is 7. The van der Waals surface area contributed by atoms with Gasteiger partial charge in [0.25, 0.3) is 0 Å². The van der Waals surface area contributed by atoms with Crippen LogP contribution in [0, 0.1) is 5.92 Å². The average molecular weight is 309 g/mol. The topological polar surface area (TPSA) is 17.0 Å². The number of nitrogens with one attached hydrogen (secondary N) is 1. The van der Waals surface area contributed by atoms with Gasteiger partial charge in [0.05, 0.1) is 10.9 Å². The van der Waals surface area contributed by atoms with Crippen LogP contribution in [-0.2, 0) is 6.54 Å². The highest BCUT2D eigenvalue weighted by molar-refractivity contribution is 7.16. The van der Waals surface area contributed by atoms with Crippen LogP contribution in [-0.4, -0.2) is 11.1 Å². The maximum atomic E-state index is 5.99. The quantitative estimate of drug-likeness (QED) is 0.784. The zero-order valence-electron chi connectivity index (χ0n) is 11.8. The molecule has 20 heavy (non-hydrogen) atoms. The smallest absolute Gasteiger partial charge is 0.0931 e. The molecule has 3 rings (SSSR count). The van der Waals surface area contributed by atoms with E-state index in [1.165, 1.54) is 29.7 Å². The van der Waals surface area contributed by atoms with Crippen molar-refractivity contribution in [1.29, 1.82) is 0 Å². The number of aromatic nitrogens is 1. The standard InChI is InChI=1S/C16H21ClN2S/c1-2-8-18-16(12-3-4-12)13-7-9-19(10-13)11-14-5-6-15(17)20-14/h5-7,9-10,12,16,18H,2-4,8,11H2,1H3. The molecule has 2 nitrogen and oxygen atoms in total. The monoisotopic (exact) mass is 308 g/mol. The highest BCUT2D eigenvalue weighted by atomic mass is 35.5. The van der Waals surface area contributed by atoms with Gasteiger partial charge in [0.2, 0.25) is 0 Å². The minimum atomic E-state index is 0.545. The van der Waals surface area contributed by atoms with Gasteiger partial charge in [-0.3, -0.25) is 0 Å². The minimum absolute atomic E-state index is 0.545. The normalized spacial score (nSPS) is 16.5. The first-order valence-corrected chi connectivity index (χ1v) is 8.59. The summed E-state index contributed by atoms with van der Waals surface area (Å²) in [6.45, 7) is 4.25. The fourth-order valence-electron chi connectivity index (χ4n) is 2.64. The van der Waals surface area contributed by atoms with Crippen molar-refractivity contribution in [2.24, 2.45) is 5.92 Å². The van der Waals surface area contributed by atoms with Gasteiger partial charge in [-0.2, -0.15) is 0 Å². The van der Waals surface area contributed by atoms with E-state index in [-0.39, 0.29) is 0 Å². The molecule has 0 radical (unpaired) electrons. The maximum Gasteiger partial charge on any atom is 0.0931 e. The van der Waals surface area contributed by atoms with Crippen molar-refractivity contribution in [2.45, 2.75) is 38.8 Å². The van der Waals surface area contributed by atoms with Crippen LogP contribution in [0.25, 0.3) is 0 Å². The predicted molar refractivity (Wildman–Crippen MR) is 86.6 cm³/mol. The molecular weight excluding hydrogens is 288 g/mol. The minimum Gasteiger partial charge on any atom is -0.349 e. The van der Waals surface area contributed by atoms with Crippen molar-refractivity contribution in [3.05, 3.63) is 45.4 Å². The molecule has 1 fully saturated rings. The van der Waals surface area contributed by atoms with E-state index in [1.54, 1.807) is 11.3 Å². The van der Waals surface area contributed by atoms with E-state index < -0.39 is 0 Å². The molecule has 1 aliphatic carbocycles. The van der Waals surface area contributed by atoms with Crippen LogP contribution in [0.1, 0.15) is 42.7 Å². The Labute approximate surface area is 129 Å². The molecule has 2 aromatic rings. The molecule has 1 N–H and O–H groups in total. The molecule has 0 aliphatic heterocycles. The lowest BCUT2D eigenvalue weighted by atomic mass is 10.1. The third-order valence-electron chi connectivity index (χ3n) is 3.81. The second-order valence-corrected chi connectivity index (χ2v) is 7.39. The predicted octanol–water partition coefficient (Wildman–Crippen LogP) is 4.70. The molecule has 0 spiro atoms. The van der Waals surface area contributed by atoms with Crippen LogP contribution < -0.4 is 5.32 Å². The Morgan fingerprint density at radius 3 is 2.90 bits per heavy atom. The molecule has 2 aromatic heterocycles. The highest BCUT2D eigenvalue weighted by Crippen LogP contribution is 2.41. The number of thiophene rings is 1. The Morgan fingerprint density at radius 2 is 2.25 bits per heavy atom. The average Bonchev–Trinajstić information content (AvgIpc) is 3.03. The maximum absolute atomic E-state index is 5.99. The molecule has 1 saturated carbocycles. The lowest BCUT2D eigenvalue weighted by Gasteiger charge is -2.16. The van der Waals surface area contributed by atoms with Gasteiger partial charge in [0.1, 0.15) is 0 Å². The van der Waals surface area contributed by atoms with Crippen molar-refractivity contribution in [3.63, 3.8) is 0 Å². The lowest BCUT2D eigenvalue weighted by molar-refractivity contribution is 0.480. The van der Waals surface area contributed by atoms with E-state index >= 15 is 0 Å². The number of nitrogens with zero attached hydrogens (tertiary/aromatic N) is 1. The first-order chi connectivity index (χ1) is 9.76. The van der Waals surface area contributed by atoms with Gasteiger partial charge in [-0.05, 0) is 55.5 Å². The van der Waals surface area contributed by atoms with E-state index in [1.807, 2.05) is 6.07 Å². The van der Waals surface area contributed by atoms with Gasteiger partial charge >= 0.3 is 0 Å². The van der Waals surface area contributed by atoms with Crippen LogP contribution in [0.15, 0.2) is 30.6 Å². The van der Waals surface area contributed by atoms with Crippen LogP contribution in [0.2, 0.25) is 4.34 Å². The lowest BCUT2D eigenvalue weighted by Crippen LogP contribution is -2.23. The molecular formula is C16H21ClN2S. The van der Waals surface area contributed by atoms with Crippen molar-refractivity contribution < 1.29 is 0 Å².